The lowest BCUT2D eigenvalue weighted by atomic mass is 10.1. The second-order valence-corrected chi connectivity index (χ2v) is 5.50. The summed E-state index contributed by atoms with van der Waals surface area (Å²) in [6.07, 6.45) is 1.77. The first kappa shape index (κ1) is 16.9. The molecule has 0 radical (unpaired) electrons. The topological polar surface area (TPSA) is 69.6 Å². The molecule has 0 unspecified atom stereocenters. The van der Waals surface area contributed by atoms with Crippen LogP contribution in [0.25, 0.3) is 0 Å². The maximum Gasteiger partial charge on any atom is 0.317 e. The number of hydrogen-bond acceptors (Lipinski definition) is 3. The van der Waals surface area contributed by atoms with Gasteiger partial charge in [0.1, 0.15) is 0 Å². The molecular weight excluding hydrogens is 232 g/mol. The Hall–Kier alpha value is -1.10. The largest absolute Gasteiger partial charge is 0.480 e. The number of carboxylic acid groups (broad SMARTS) is 1. The molecule has 0 aliphatic heterocycles. The van der Waals surface area contributed by atoms with Crippen molar-refractivity contribution >= 4 is 11.9 Å². The Bertz CT molecular complexity index is 280. The van der Waals surface area contributed by atoms with E-state index in [0.29, 0.717) is 0 Å². The Balaban J connectivity index is 4.49. The van der Waals surface area contributed by atoms with Gasteiger partial charge in [0.25, 0.3) is 0 Å². The van der Waals surface area contributed by atoms with Gasteiger partial charge in [-0.25, -0.2) is 0 Å². The molecule has 106 valence electrons. The molecule has 0 aliphatic carbocycles. The van der Waals surface area contributed by atoms with Crippen LogP contribution in [0.2, 0.25) is 0 Å². The summed E-state index contributed by atoms with van der Waals surface area (Å²) < 4.78 is 0. The molecule has 0 spiro atoms. The minimum absolute atomic E-state index is 0.111. The number of rotatable bonds is 7. The minimum atomic E-state index is -0.916. The van der Waals surface area contributed by atoms with Gasteiger partial charge in [-0.3, -0.25) is 14.5 Å². The first-order valence-electron chi connectivity index (χ1n) is 6.46. The number of carbonyl (C=O) groups excluding carboxylic acids is 1. The summed E-state index contributed by atoms with van der Waals surface area (Å²) in [5.74, 6) is -1.03. The number of nitrogens with one attached hydrogen (secondary N) is 1. The van der Waals surface area contributed by atoms with Crippen molar-refractivity contribution in [1.29, 1.82) is 0 Å². The van der Waals surface area contributed by atoms with Gasteiger partial charge in [-0.05, 0) is 33.6 Å². The van der Waals surface area contributed by atoms with Crippen molar-refractivity contribution in [3.63, 3.8) is 0 Å². The Morgan fingerprint density at radius 2 is 1.67 bits per heavy atom. The number of carboxylic acids is 1. The van der Waals surface area contributed by atoms with Crippen LogP contribution in [0.3, 0.4) is 0 Å². The maximum atomic E-state index is 11.9. The summed E-state index contributed by atoms with van der Waals surface area (Å²) >= 11 is 0. The molecule has 1 amide bonds. The third-order valence-corrected chi connectivity index (χ3v) is 2.96. The Labute approximate surface area is 110 Å². The molecule has 0 aromatic carbocycles. The van der Waals surface area contributed by atoms with E-state index in [0.717, 1.165) is 12.8 Å². The van der Waals surface area contributed by atoms with E-state index in [1.807, 2.05) is 34.6 Å². The summed E-state index contributed by atoms with van der Waals surface area (Å²) in [4.78, 5) is 24.3. The second-order valence-electron chi connectivity index (χ2n) is 5.50. The van der Waals surface area contributed by atoms with Crippen LogP contribution in [0.1, 0.15) is 47.5 Å². The highest BCUT2D eigenvalue weighted by Crippen LogP contribution is 2.12. The van der Waals surface area contributed by atoms with E-state index >= 15 is 0 Å². The van der Waals surface area contributed by atoms with Crippen molar-refractivity contribution in [3.8, 4) is 0 Å². The number of nitrogens with zero attached hydrogens (tertiary/aromatic N) is 1. The molecular formula is C13H26N2O3. The molecule has 0 rings (SSSR count). The molecule has 0 fully saturated rings. The molecule has 0 aromatic rings. The summed E-state index contributed by atoms with van der Waals surface area (Å²) in [6.45, 7) is 9.74. The summed E-state index contributed by atoms with van der Waals surface area (Å²) in [5, 5.41) is 11.8. The van der Waals surface area contributed by atoms with Crippen LogP contribution in [0, 0.1) is 0 Å². The van der Waals surface area contributed by atoms with Gasteiger partial charge in [-0.15, -0.1) is 0 Å². The van der Waals surface area contributed by atoms with Crippen LogP contribution in [0.4, 0.5) is 0 Å². The fourth-order valence-electron chi connectivity index (χ4n) is 1.63. The predicted molar refractivity (Wildman–Crippen MR) is 71.5 cm³/mol. The normalized spacial score (nSPS) is 11.9. The van der Waals surface area contributed by atoms with Gasteiger partial charge < -0.3 is 10.4 Å². The number of aliphatic carboxylic acids is 1. The smallest absolute Gasteiger partial charge is 0.317 e. The predicted octanol–water partition coefficient (Wildman–Crippen LogP) is 1.48. The zero-order valence-corrected chi connectivity index (χ0v) is 12.1. The third kappa shape index (κ3) is 6.59. The van der Waals surface area contributed by atoms with Gasteiger partial charge in [0, 0.05) is 11.6 Å². The van der Waals surface area contributed by atoms with Crippen LogP contribution in [0.5, 0.6) is 0 Å². The maximum absolute atomic E-state index is 11.9. The summed E-state index contributed by atoms with van der Waals surface area (Å²) in [6, 6.07) is 0.171. The average Bonchev–Trinajstić information content (AvgIpc) is 2.23. The van der Waals surface area contributed by atoms with E-state index in [2.05, 4.69) is 5.32 Å². The highest BCUT2D eigenvalue weighted by atomic mass is 16.4. The van der Waals surface area contributed by atoms with Crippen LogP contribution in [-0.2, 0) is 9.59 Å². The molecule has 0 atom stereocenters. The molecule has 2 N–H and O–H groups in total. The molecule has 5 nitrogen and oxygen atoms in total. The van der Waals surface area contributed by atoms with Gasteiger partial charge in [0.05, 0.1) is 13.1 Å². The van der Waals surface area contributed by atoms with Crippen molar-refractivity contribution in [2.75, 3.05) is 13.1 Å². The Morgan fingerprint density at radius 1 is 1.17 bits per heavy atom. The average molecular weight is 258 g/mol. The van der Waals surface area contributed by atoms with E-state index < -0.39 is 5.97 Å². The fraction of sp³-hybridized carbons (Fsp3) is 0.846. The first-order chi connectivity index (χ1) is 8.20. The zero-order chi connectivity index (χ0) is 14.3. The standard InChI is InChI=1S/C13H26N2O3/c1-6-10(7-2)14-11(16)8-15(9-12(17)18)13(3,4)5/h10H,6-9H2,1-5H3,(H,14,16)(H,17,18). The number of carbonyl (C=O) groups is 2. The van der Waals surface area contributed by atoms with Crippen molar-refractivity contribution in [2.45, 2.75) is 59.0 Å². The lowest BCUT2D eigenvalue weighted by Crippen LogP contribution is -2.50. The Morgan fingerprint density at radius 3 is 2.00 bits per heavy atom. The quantitative estimate of drug-likeness (QED) is 0.725. The lowest BCUT2D eigenvalue weighted by Gasteiger charge is -2.34. The van der Waals surface area contributed by atoms with Crippen molar-refractivity contribution in [3.05, 3.63) is 0 Å². The van der Waals surface area contributed by atoms with Crippen LogP contribution >= 0.6 is 0 Å². The summed E-state index contributed by atoms with van der Waals surface area (Å²) in [5.41, 5.74) is -0.344. The van der Waals surface area contributed by atoms with Crippen molar-refractivity contribution < 1.29 is 14.7 Å². The fourth-order valence-corrected chi connectivity index (χ4v) is 1.63. The van der Waals surface area contributed by atoms with Crippen molar-refractivity contribution in [1.82, 2.24) is 10.2 Å². The highest BCUT2D eigenvalue weighted by molar-refractivity contribution is 5.79. The Kier molecular flexibility index (Phi) is 6.91. The molecule has 0 heterocycles. The van der Waals surface area contributed by atoms with Gasteiger partial charge in [-0.2, -0.15) is 0 Å². The molecule has 0 aromatic heterocycles. The molecule has 0 bridgehead atoms. The number of hydrogen-bond donors (Lipinski definition) is 2. The molecule has 0 saturated carbocycles. The lowest BCUT2D eigenvalue weighted by molar-refractivity contribution is -0.140. The van der Waals surface area contributed by atoms with Crippen LogP contribution < -0.4 is 5.32 Å². The van der Waals surface area contributed by atoms with Gasteiger partial charge in [0.2, 0.25) is 5.91 Å². The number of amides is 1. The van der Waals surface area contributed by atoms with Crippen LogP contribution in [-0.4, -0.2) is 46.6 Å². The van der Waals surface area contributed by atoms with Gasteiger partial charge in [0.15, 0.2) is 0 Å². The summed E-state index contributed by atoms with van der Waals surface area (Å²) in [7, 11) is 0. The van der Waals surface area contributed by atoms with E-state index in [1.165, 1.54) is 0 Å². The molecule has 18 heavy (non-hydrogen) atoms. The minimum Gasteiger partial charge on any atom is -0.480 e. The van der Waals surface area contributed by atoms with E-state index in [-0.39, 0.29) is 30.6 Å². The van der Waals surface area contributed by atoms with E-state index in [9.17, 15) is 9.59 Å². The van der Waals surface area contributed by atoms with Crippen molar-refractivity contribution in [2.24, 2.45) is 0 Å². The van der Waals surface area contributed by atoms with E-state index in [1.54, 1.807) is 4.90 Å². The van der Waals surface area contributed by atoms with Crippen LogP contribution in [0.15, 0.2) is 0 Å². The molecule has 0 aliphatic rings. The van der Waals surface area contributed by atoms with E-state index in [4.69, 9.17) is 5.11 Å². The molecule has 0 saturated heterocycles. The highest BCUT2D eigenvalue weighted by Gasteiger charge is 2.26. The third-order valence-electron chi connectivity index (χ3n) is 2.96. The zero-order valence-electron chi connectivity index (χ0n) is 12.1. The monoisotopic (exact) mass is 258 g/mol. The molecule has 5 heteroatoms. The van der Waals surface area contributed by atoms with Gasteiger partial charge >= 0.3 is 5.97 Å². The SMILES string of the molecule is CCC(CC)NC(=O)CN(CC(=O)O)C(C)(C)C. The first-order valence-corrected chi connectivity index (χ1v) is 6.46. The van der Waals surface area contributed by atoms with Gasteiger partial charge in [-0.1, -0.05) is 13.8 Å². The second kappa shape index (κ2) is 7.36.